The topological polar surface area (TPSA) is 61.8 Å². The van der Waals surface area contributed by atoms with Crippen molar-refractivity contribution in [3.05, 3.63) is 0 Å². The molecule has 3 atom stereocenters. The Morgan fingerprint density at radius 2 is 2.24 bits per heavy atom. The van der Waals surface area contributed by atoms with Gasteiger partial charge in [0.2, 0.25) is 0 Å². The number of carboxylic acid groups (broad SMARTS) is 1. The SMILES string of the molecule is CC(C)CN1CCOC(CNC2CCCC(C(=O)O)C2)C1. The Bertz CT molecular complexity index is 335. The number of ether oxygens (including phenoxy) is 1. The highest BCUT2D eigenvalue weighted by Crippen LogP contribution is 2.24. The van der Waals surface area contributed by atoms with Crippen LogP contribution in [0.2, 0.25) is 0 Å². The van der Waals surface area contributed by atoms with E-state index in [2.05, 4.69) is 24.1 Å². The summed E-state index contributed by atoms with van der Waals surface area (Å²) in [4.78, 5) is 13.6. The molecule has 122 valence electrons. The number of aliphatic carboxylic acids is 1. The van der Waals surface area contributed by atoms with Gasteiger partial charge in [0.25, 0.3) is 0 Å². The predicted octanol–water partition coefficient (Wildman–Crippen LogP) is 1.58. The smallest absolute Gasteiger partial charge is 0.306 e. The number of hydrogen-bond donors (Lipinski definition) is 2. The van der Waals surface area contributed by atoms with Crippen LogP contribution in [0.3, 0.4) is 0 Å². The summed E-state index contributed by atoms with van der Waals surface area (Å²) in [6.45, 7) is 9.28. The van der Waals surface area contributed by atoms with Gasteiger partial charge < -0.3 is 15.2 Å². The molecular formula is C16H30N2O3. The predicted molar refractivity (Wildman–Crippen MR) is 82.4 cm³/mol. The molecule has 1 aliphatic carbocycles. The van der Waals surface area contributed by atoms with Crippen LogP contribution in [0, 0.1) is 11.8 Å². The first-order valence-electron chi connectivity index (χ1n) is 8.34. The van der Waals surface area contributed by atoms with E-state index in [1.807, 2.05) is 0 Å². The minimum atomic E-state index is -0.640. The Kier molecular flexibility index (Phi) is 6.45. The summed E-state index contributed by atoms with van der Waals surface area (Å²) in [6, 6.07) is 0.337. The highest BCUT2D eigenvalue weighted by atomic mass is 16.5. The molecule has 0 aromatic heterocycles. The van der Waals surface area contributed by atoms with Gasteiger partial charge in [-0.1, -0.05) is 20.3 Å². The Hall–Kier alpha value is -0.650. The molecule has 1 heterocycles. The highest BCUT2D eigenvalue weighted by Gasteiger charge is 2.28. The molecule has 3 unspecified atom stereocenters. The normalized spacial score (nSPS) is 31.5. The summed E-state index contributed by atoms with van der Waals surface area (Å²) in [5.74, 6) is -0.120. The molecule has 0 bridgehead atoms. The zero-order chi connectivity index (χ0) is 15.2. The Balaban J connectivity index is 1.71. The molecule has 5 heteroatoms. The van der Waals surface area contributed by atoms with E-state index in [0.717, 1.165) is 58.5 Å². The Morgan fingerprint density at radius 3 is 2.95 bits per heavy atom. The first-order chi connectivity index (χ1) is 10.0. The van der Waals surface area contributed by atoms with Crippen molar-refractivity contribution in [2.24, 2.45) is 11.8 Å². The van der Waals surface area contributed by atoms with Gasteiger partial charge in [-0.25, -0.2) is 0 Å². The van der Waals surface area contributed by atoms with Gasteiger partial charge in [-0.15, -0.1) is 0 Å². The number of nitrogens with zero attached hydrogens (tertiary/aromatic N) is 1. The molecule has 2 N–H and O–H groups in total. The molecule has 0 aromatic rings. The lowest BCUT2D eigenvalue weighted by Crippen LogP contribution is -2.49. The summed E-state index contributed by atoms with van der Waals surface area (Å²) in [5, 5.41) is 12.7. The van der Waals surface area contributed by atoms with Crippen molar-refractivity contribution in [2.45, 2.75) is 51.7 Å². The summed E-state index contributed by atoms with van der Waals surface area (Å²) < 4.78 is 5.83. The molecule has 1 aliphatic heterocycles. The lowest BCUT2D eigenvalue weighted by atomic mass is 9.86. The summed E-state index contributed by atoms with van der Waals surface area (Å²) >= 11 is 0. The van der Waals surface area contributed by atoms with Crippen molar-refractivity contribution in [1.82, 2.24) is 10.2 Å². The van der Waals surface area contributed by atoms with Crippen LogP contribution >= 0.6 is 0 Å². The van der Waals surface area contributed by atoms with E-state index < -0.39 is 5.97 Å². The minimum absolute atomic E-state index is 0.166. The summed E-state index contributed by atoms with van der Waals surface area (Å²) in [7, 11) is 0. The third kappa shape index (κ3) is 5.57. The van der Waals surface area contributed by atoms with Crippen LogP contribution in [0.15, 0.2) is 0 Å². The number of hydrogen-bond acceptors (Lipinski definition) is 4. The largest absolute Gasteiger partial charge is 0.481 e. The van der Waals surface area contributed by atoms with Gasteiger partial charge in [-0.05, 0) is 25.2 Å². The van der Waals surface area contributed by atoms with Crippen molar-refractivity contribution >= 4 is 5.97 Å². The van der Waals surface area contributed by atoms with E-state index in [1.54, 1.807) is 0 Å². The molecule has 5 nitrogen and oxygen atoms in total. The number of morpholine rings is 1. The summed E-state index contributed by atoms with van der Waals surface area (Å²) in [5.41, 5.74) is 0. The first kappa shape index (κ1) is 16.7. The molecule has 2 fully saturated rings. The third-order valence-corrected chi connectivity index (χ3v) is 4.50. The van der Waals surface area contributed by atoms with Crippen molar-refractivity contribution in [3.63, 3.8) is 0 Å². The Labute approximate surface area is 128 Å². The second kappa shape index (κ2) is 8.11. The van der Waals surface area contributed by atoms with E-state index in [4.69, 9.17) is 9.84 Å². The van der Waals surface area contributed by atoms with Gasteiger partial charge in [-0.2, -0.15) is 0 Å². The molecule has 2 rings (SSSR count). The highest BCUT2D eigenvalue weighted by molar-refractivity contribution is 5.70. The van der Waals surface area contributed by atoms with Crippen LogP contribution in [0.1, 0.15) is 39.5 Å². The standard InChI is InChI=1S/C16H30N2O3/c1-12(2)10-18-6-7-21-15(11-18)9-17-14-5-3-4-13(8-14)16(19)20/h12-15,17H,3-11H2,1-2H3,(H,19,20). The van der Waals surface area contributed by atoms with Crippen LogP contribution in [0.5, 0.6) is 0 Å². The van der Waals surface area contributed by atoms with Crippen LogP contribution in [-0.4, -0.2) is 60.9 Å². The zero-order valence-corrected chi connectivity index (χ0v) is 13.4. The number of rotatable bonds is 6. The molecule has 0 aromatic carbocycles. The maximum atomic E-state index is 11.1. The minimum Gasteiger partial charge on any atom is -0.481 e. The molecule has 0 amide bonds. The van der Waals surface area contributed by atoms with Gasteiger partial charge in [-0.3, -0.25) is 9.69 Å². The van der Waals surface area contributed by atoms with Gasteiger partial charge in [0.1, 0.15) is 0 Å². The molecule has 2 aliphatic rings. The lowest BCUT2D eigenvalue weighted by Gasteiger charge is -2.35. The number of carbonyl (C=O) groups is 1. The van der Waals surface area contributed by atoms with Gasteiger partial charge >= 0.3 is 5.97 Å². The van der Waals surface area contributed by atoms with E-state index in [9.17, 15) is 4.79 Å². The van der Waals surface area contributed by atoms with Gasteiger partial charge in [0.15, 0.2) is 0 Å². The van der Waals surface area contributed by atoms with Gasteiger partial charge in [0.05, 0.1) is 18.6 Å². The second-order valence-corrected chi connectivity index (χ2v) is 6.95. The van der Waals surface area contributed by atoms with Crippen LogP contribution < -0.4 is 5.32 Å². The molecule has 0 radical (unpaired) electrons. The zero-order valence-electron chi connectivity index (χ0n) is 13.4. The van der Waals surface area contributed by atoms with Crippen molar-refractivity contribution < 1.29 is 14.6 Å². The maximum absolute atomic E-state index is 11.1. The maximum Gasteiger partial charge on any atom is 0.306 e. The van der Waals surface area contributed by atoms with Crippen LogP contribution in [0.4, 0.5) is 0 Å². The summed E-state index contributed by atoms with van der Waals surface area (Å²) in [6.07, 6.45) is 3.93. The van der Waals surface area contributed by atoms with Crippen LogP contribution in [-0.2, 0) is 9.53 Å². The molecule has 1 saturated heterocycles. The third-order valence-electron chi connectivity index (χ3n) is 4.50. The van der Waals surface area contributed by atoms with E-state index in [-0.39, 0.29) is 12.0 Å². The molecular weight excluding hydrogens is 268 g/mol. The Morgan fingerprint density at radius 1 is 1.43 bits per heavy atom. The fourth-order valence-electron chi connectivity index (χ4n) is 3.48. The van der Waals surface area contributed by atoms with Crippen molar-refractivity contribution in [2.75, 3.05) is 32.8 Å². The first-order valence-corrected chi connectivity index (χ1v) is 8.34. The van der Waals surface area contributed by atoms with E-state index in [1.165, 1.54) is 0 Å². The fourth-order valence-corrected chi connectivity index (χ4v) is 3.48. The molecule has 21 heavy (non-hydrogen) atoms. The van der Waals surface area contributed by atoms with Gasteiger partial charge in [0, 0.05) is 32.2 Å². The quantitative estimate of drug-likeness (QED) is 0.779. The average Bonchev–Trinajstić information content (AvgIpc) is 2.45. The monoisotopic (exact) mass is 298 g/mol. The van der Waals surface area contributed by atoms with Crippen LogP contribution in [0.25, 0.3) is 0 Å². The molecule has 1 saturated carbocycles. The molecule has 0 spiro atoms. The number of carboxylic acids is 1. The average molecular weight is 298 g/mol. The van der Waals surface area contributed by atoms with Crippen molar-refractivity contribution in [1.29, 1.82) is 0 Å². The van der Waals surface area contributed by atoms with E-state index in [0.29, 0.717) is 12.0 Å². The lowest BCUT2D eigenvalue weighted by molar-refractivity contribution is -0.143. The fraction of sp³-hybridized carbons (Fsp3) is 0.938. The van der Waals surface area contributed by atoms with Crippen molar-refractivity contribution in [3.8, 4) is 0 Å². The van der Waals surface area contributed by atoms with E-state index >= 15 is 0 Å². The second-order valence-electron chi connectivity index (χ2n) is 6.95. The number of nitrogens with one attached hydrogen (secondary N) is 1.